The molecule has 3 aromatic rings. The smallest absolute Gasteiger partial charge is 0.123 e. The Morgan fingerprint density at radius 3 is 2.28 bits per heavy atom. The van der Waals surface area contributed by atoms with Crippen LogP contribution in [0.15, 0.2) is 67.0 Å². The zero-order valence-corrected chi connectivity index (χ0v) is 15.8. The van der Waals surface area contributed by atoms with E-state index in [0.29, 0.717) is 13.0 Å². The number of aromatic nitrogens is 2. The first kappa shape index (κ1) is 19.7. The Bertz CT molecular complexity index is 932. The first-order valence-electron chi connectivity index (χ1n) is 9.63. The van der Waals surface area contributed by atoms with Gasteiger partial charge < -0.3 is 15.3 Å². The van der Waals surface area contributed by atoms with Crippen molar-refractivity contribution in [1.82, 2.24) is 14.7 Å². The normalized spacial score (nSPS) is 24.8. The lowest BCUT2D eigenvalue weighted by Crippen LogP contribution is -2.41. The van der Waals surface area contributed by atoms with Crippen molar-refractivity contribution in [2.24, 2.45) is 0 Å². The van der Waals surface area contributed by atoms with Crippen LogP contribution >= 0.6 is 0 Å². The topological polar surface area (TPSA) is 81.8 Å². The second-order valence-electron chi connectivity index (χ2n) is 7.43. The number of hydrogen-bond donors (Lipinski definition) is 3. The Morgan fingerprint density at radius 1 is 0.897 bits per heavy atom. The van der Waals surface area contributed by atoms with E-state index in [-0.39, 0.29) is 18.5 Å². The molecule has 3 N–H and O–H groups in total. The highest BCUT2D eigenvalue weighted by molar-refractivity contribution is 5.31. The predicted octanol–water partition coefficient (Wildman–Crippen LogP) is 1.52. The lowest BCUT2D eigenvalue weighted by molar-refractivity contribution is 0.0178. The lowest BCUT2D eigenvalue weighted by atomic mass is 10.0. The highest BCUT2D eigenvalue weighted by Gasteiger charge is 2.47. The Labute approximate surface area is 168 Å². The molecule has 0 bridgehead atoms. The number of likely N-dealkylation sites (tertiary alicyclic amines) is 1. The standard InChI is InChI=1S/C22H24FN3O3/c23-17-6-8-18(9-7-17)26-13-16(11-24-26)12-25-19(10-15-4-2-1-3-5-15)21(28)22(29)20(25)14-27/h1-9,11,13,19-22,27-29H,10,12,14H2/t19-,20+,21-,22+/m0/s1. The van der Waals surface area contributed by atoms with Crippen molar-refractivity contribution in [2.45, 2.75) is 37.3 Å². The van der Waals surface area contributed by atoms with Crippen LogP contribution in [-0.2, 0) is 13.0 Å². The van der Waals surface area contributed by atoms with Crippen LogP contribution < -0.4 is 0 Å². The summed E-state index contributed by atoms with van der Waals surface area (Å²) >= 11 is 0. The Hall–Kier alpha value is -2.58. The molecule has 2 aromatic carbocycles. The van der Waals surface area contributed by atoms with Crippen molar-refractivity contribution in [3.8, 4) is 5.69 Å². The zero-order valence-electron chi connectivity index (χ0n) is 15.8. The summed E-state index contributed by atoms with van der Waals surface area (Å²) in [6.45, 7) is 0.160. The first-order chi connectivity index (χ1) is 14.1. The summed E-state index contributed by atoms with van der Waals surface area (Å²) < 4.78 is 14.8. The van der Waals surface area contributed by atoms with Crippen molar-refractivity contribution in [2.75, 3.05) is 6.61 Å². The van der Waals surface area contributed by atoms with E-state index in [1.54, 1.807) is 23.0 Å². The fraction of sp³-hybridized carbons (Fsp3) is 0.318. The van der Waals surface area contributed by atoms with Gasteiger partial charge in [0.15, 0.2) is 0 Å². The van der Waals surface area contributed by atoms with Crippen LogP contribution in [0.2, 0.25) is 0 Å². The van der Waals surface area contributed by atoms with Gasteiger partial charge in [0.25, 0.3) is 0 Å². The van der Waals surface area contributed by atoms with Gasteiger partial charge in [0.05, 0.1) is 36.7 Å². The first-order valence-corrected chi connectivity index (χ1v) is 9.63. The van der Waals surface area contributed by atoms with Crippen molar-refractivity contribution in [1.29, 1.82) is 0 Å². The molecule has 0 radical (unpaired) electrons. The molecule has 6 nitrogen and oxygen atoms in total. The van der Waals surface area contributed by atoms with Crippen molar-refractivity contribution < 1.29 is 19.7 Å². The molecule has 1 saturated heterocycles. The molecule has 0 amide bonds. The Morgan fingerprint density at radius 2 is 1.59 bits per heavy atom. The molecule has 0 unspecified atom stereocenters. The second kappa shape index (κ2) is 8.42. The van der Waals surface area contributed by atoms with E-state index in [4.69, 9.17) is 0 Å². The fourth-order valence-electron chi connectivity index (χ4n) is 4.02. The molecule has 1 aromatic heterocycles. The summed E-state index contributed by atoms with van der Waals surface area (Å²) in [5.41, 5.74) is 2.65. The molecule has 0 saturated carbocycles. The van der Waals surface area contributed by atoms with Crippen LogP contribution in [0.1, 0.15) is 11.1 Å². The molecule has 7 heteroatoms. The van der Waals surface area contributed by atoms with E-state index in [9.17, 15) is 19.7 Å². The molecular weight excluding hydrogens is 373 g/mol. The molecule has 1 fully saturated rings. The van der Waals surface area contributed by atoms with E-state index in [1.165, 1.54) is 12.1 Å². The third kappa shape index (κ3) is 4.09. The SMILES string of the molecule is OC[C@@H]1[C@@H](O)[C@@H](O)[C@H](Cc2ccccc2)N1Cc1cnn(-c2ccc(F)cc2)c1. The van der Waals surface area contributed by atoms with E-state index in [0.717, 1.165) is 16.8 Å². The van der Waals surface area contributed by atoms with Gasteiger partial charge in [0.2, 0.25) is 0 Å². The van der Waals surface area contributed by atoms with Crippen molar-refractivity contribution >= 4 is 0 Å². The highest BCUT2D eigenvalue weighted by atomic mass is 19.1. The highest BCUT2D eigenvalue weighted by Crippen LogP contribution is 2.29. The average molecular weight is 397 g/mol. The van der Waals surface area contributed by atoms with Crippen LogP contribution in [0, 0.1) is 5.82 Å². The van der Waals surface area contributed by atoms with Crippen LogP contribution in [0.4, 0.5) is 4.39 Å². The quantitative estimate of drug-likeness (QED) is 0.588. The minimum atomic E-state index is -1.03. The molecule has 2 heterocycles. The number of hydrogen-bond acceptors (Lipinski definition) is 5. The van der Waals surface area contributed by atoms with E-state index >= 15 is 0 Å². The van der Waals surface area contributed by atoms with Gasteiger partial charge in [-0.15, -0.1) is 0 Å². The number of aliphatic hydroxyl groups is 3. The summed E-state index contributed by atoms with van der Waals surface area (Å²) in [6.07, 6.45) is 2.11. The number of aliphatic hydroxyl groups excluding tert-OH is 3. The van der Waals surface area contributed by atoms with Gasteiger partial charge >= 0.3 is 0 Å². The van der Waals surface area contributed by atoms with Gasteiger partial charge in [-0.05, 0) is 36.2 Å². The van der Waals surface area contributed by atoms with Gasteiger partial charge in [-0.25, -0.2) is 9.07 Å². The molecule has 1 aliphatic rings. The molecule has 0 aliphatic carbocycles. The largest absolute Gasteiger partial charge is 0.395 e. The molecule has 0 spiro atoms. The maximum atomic E-state index is 13.1. The summed E-state index contributed by atoms with van der Waals surface area (Å²) in [5, 5.41) is 35.2. The number of benzene rings is 2. The number of nitrogens with zero attached hydrogens (tertiary/aromatic N) is 3. The monoisotopic (exact) mass is 397 g/mol. The maximum absolute atomic E-state index is 13.1. The maximum Gasteiger partial charge on any atom is 0.123 e. The third-order valence-electron chi connectivity index (χ3n) is 5.56. The molecule has 4 rings (SSSR count). The summed E-state index contributed by atoms with van der Waals surface area (Å²) in [4.78, 5) is 1.94. The fourth-order valence-corrected chi connectivity index (χ4v) is 4.02. The van der Waals surface area contributed by atoms with Crippen molar-refractivity contribution in [3.05, 3.63) is 83.9 Å². The third-order valence-corrected chi connectivity index (χ3v) is 5.56. The van der Waals surface area contributed by atoms with Gasteiger partial charge in [-0.3, -0.25) is 4.90 Å². The predicted molar refractivity (Wildman–Crippen MR) is 106 cm³/mol. The van der Waals surface area contributed by atoms with E-state index in [2.05, 4.69) is 5.10 Å². The summed E-state index contributed by atoms with van der Waals surface area (Å²) in [5.74, 6) is -0.310. The zero-order chi connectivity index (χ0) is 20.4. The molecule has 29 heavy (non-hydrogen) atoms. The average Bonchev–Trinajstić information content (AvgIpc) is 3.28. The Balaban J connectivity index is 1.56. The van der Waals surface area contributed by atoms with Gasteiger partial charge in [-0.1, -0.05) is 30.3 Å². The molecular formula is C22H24FN3O3. The van der Waals surface area contributed by atoms with Crippen LogP contribution in [0.3, 0.4) is 0 Å². The van der Waals surface area contributed by atoms with Crippen LogP contribution in [0.25, 0.3) is 5.69 Å². The second-order valence-corrected chi connectivity index (χ2v) is 7.43. The Kier molecular flexibility index (Phi) is 5.73. The van der Waals surface area contributed by atoms with Crippen molar-refractivity contribution in [3.63, 3.8) is 0 Å². The van der Waals surface area contributed by atoms with Crippen LogP contribution in [-0.4, -0.2) is 60.9 Å². The molecule has 4 atom stereocenters. The summed E-state index contributed by atoms with van der Waals surface area (Å²) in [6, 6.07) is 14.9. The van der Waals surface area contributed by atoms with Gasteiger partial charge in [0, 0.05) is 24.3 Å². The minimum Gasteiger partial charge on any atom is -0.395 e. The van der Waals surface area contributed by atoms with E-state index in [1.807, 2.05) is 41.4 Å². The summed E-state index contributed by atoms with van der Waals surface area (Å²) in [7, 11) is 0. The number of rotatable bonds is 6. The lowest BCUT2D eigenvalue weighted by Gasteiger charge is -2.29. The molecule has 152 valence electrons. The van der Waals surface area contributed by atoms with E-state index < -0.39 is 18.2 Å². The van der Waals surface area contributed by atoms with Crippen LogP contribution in [0.5, 0.6) is 0 Å². The van der Waals surface area contributed by atoms with Gasteiger partial charge in [0.1, 0.15) is 5.82 Å². The minimum absolute atomic E-state index is 0.254. The molecule has 1 aliphatic heterocycles. The van der Waals surface area contributed by atoms with Gasteiger partial charge in [-0.2, -0.15) is 5.10 Å². The number of halogens is 1.